The largest absolute Gasteiger partial charge is 0.447 e. The van der Waals surface area contributed by atoms with E-state index in [0.717, 1.165) is 51.5 Å². The fourth-order valence-corrected chi connectivity index (χ4v) is 4.45. The summed E-state index contributed by atoms with van der Waals surface area (Å²) < 4.78 is 5.53. The first kappa shape index (κ1) is 30.3. The van der Waals surface area contributed by atoms with E-state index in [1.807, 2.05) is 6.92 Å². The molecular weight excluding hydrogens is 418 g/mol. The molecule has 1 aliphatic rings. The highest BCUT2D eigenvalue weighted by Crippen LogP contribution is 2.22. The van der Waals surface area contributed by atoms with Crippen LogP contribution in [0.2, 0.25) is 0 Å². The monoisotopic (exact) mass is 471 g/mol. The summed E-state index contributed by atoms with van der Waals surface area (Å²) in [6.45, 7) is 13.8. The summed E-state index contributed by atoms with van der Waals surface area (Å²) in [4.78, 5) is 12.0. The Labute approximate surface area is 211 Å². The Morgan fingerprint density at radius 3 is 1.82 bits per heavy atom. The van der Waals surface area contributed by atoms with Gasteiger partial charge in [-0.2, -0.15) is 0 Å². The Kier molecular flexibility index (Phi) is 16.5. The second-order valence-electron chi connectivity index (χ2n) is 10.7. The van der Waals surface area contributed by atoms with Crippen LogP contribution in [0.3, 0.4) is 0 Å². The molecule has 0 saturated heterocycles. The molecule has 1 fully saturated rings. The second-order valence-corrected chi connectivity index (χ2v) is 10.7. The molecule has 0 aromatic carbocycles. The van der Waals surface area contributed by atoms with Gasteiger partial charge >= 0.3 is 6.09 Å². The van der Waals surface area contributed by atoms with Crippen molar-refractivity contribution in [2.24, 2.45) is 5.92 Å². The minimum absolute atomic E-state index is 0.0453. The number of allylic oxidation sites excluding steroid dienone is 8. The fourth-order valence-electron chi connectivity index (χ4n) is 4.45. The van der Waals surface area contributed by atoms with Gasteiger partial charge in [0.05, 0.1) is 0 Å². The minimum Gasteiger partial charge on any atom is -0.447 e. The van der Waals surface area contributed by atoms with Crippen LogP contribution in [0.1, 0.15) is 125 Å². The van der Waals surface area contributed by atoms with E-state index >= 15 is 0 Å². The van der Waals surface area contributed by atoms with Crippen LogP contribution in [0.25, 0.3) is 0 Å². The number of rotatable bonds is 15. The number of amides is 1. The lowest BCUT2D eigenvalue weighted by Gasteiger charge is -2.22. The Bertz CT molecular complexity index is 688. The third-order valence-corrected chi connectivity index (χ3v) is 6.79. The first-order valence-electron chi connectivity index (χ1n) is 13.8. The number of alkyl carbamates (subject to hydrolysis) is 1. The number of hydrogen-bond acceptors (Lipinski definition) is 2. The highest BCUT2D eigenvalue weighted by molar-refractivity contribution is 5.67. The van der Waals surface area contributed by atoms with Crippen molar-refractivity contribution >= 4 is 6.09 Å². The number of nitrogens with one attached hydrogen (secondary N) is 1. The lowest BCUT2D eigenvalue weighted by atomic mass is 9.89. The summed E-state index contributed by atoms with van der Waals surface area (Å²) in [5.41, 5.74) is 5.82. The summed E-state index contributed by atoms with van der Waals surface area (Å²) in [5.74, 6) is 0.637. The van der Waals surface area contributed by atoms with Gasteiger partial charge < -0.3 is 10.1 Å². The van der Waals surface area contributed by atoms with E-state index in [1.54, 1.807) is 0 Å². The lowest BCUT2D eigenvalue weighted by Crippen LogP contribution is -2.32. The minimum atomic E-state index is -0.252. The van der Waals surface area contributed by atoms with Gasteiger partial charge in [-0.05, 0) is 112 Å². The van der Waals surface area contributed by atoms with E-state index in [1.165, 1.54) is 60.8 Å². The summed E-state index contributed by atoms with van der Waals surface area (Å²) in [6.07, 6.45) is 24.2. The third-order valence-electron chi connectivity index (χ3n) is 6.79. The predicted molar refractivity (Wildman–Crippen MR) is 148 cm³/mol. The second kappa shape index (κ2) is 18.5. The van der Waals surface area contributed by atoms with Crippen molar-refractivity contribution in [1.82, 2.24) is 5.32 Å². The molecule has 1 unspecified atom stereocenters. The van der Waals surface area contributed by atoms with Crippen LogP contribution in [0.15, 0.2) is 46.6 Å². The molecule has 0 aliphatic heterocycles. The van der Waals surface area contributed by atoms with Gasteiger partial charge in [0.2, 0.25) is 0 Å². The van der Waals surface area contributed by atoms with Crippen LogP contribution in [0.4, 0.5) is 4.79 Å². The van der Waals surface area contributed by atoms with Crippen molar-refractivity contribution in [2.45, 2.75) is 131 Å². The van der Waals surface area contributed by atoms with E-state index in [0.29, 0.717) is 5.92 Å². The molecule has 1 rings (SSSR count). The molecule has 194 valence electrons. The molecule has 3 nitrogen and oxygen atoms in total. The summed E-state index contributed by atoms with van der Waals surface area (Å²) in [6, 6.07) is 0. The fraction of sp³-hybridized carbons (Fsp3) is 0.710. The molecule has 0 heterocycles. The number of carbonyl (C=O) groups excluding carboxylic acids is 1. The number of ether oxygens (including phenoxy) is 1. The van der Waals surface area contributed by atoms with Gasteiger partial charge in [-0.15, -0.1) is 0 Å². The maximum absolute atomic E-state index is 12.0. The maximum Gasteiger partial charge on any atom is 0.407 e. The van der Waals surface area contributed by atoms with Gasteiger partial charge in [-0.3, -0.25) is 0 Å². The zero-order valence-corrected chi connectivity index (χ0v) is 23.2. The molecule has 0 aromatic heterocycles. The van der Waals surface area contributed by atoms with Crippen molar-refractivity contribution in [2.75, 3.05) is 6.54 Å². The Balaban J connectivity index is 2.15. The zero-order chi connectivity index (χ0) is 25.2. The van der Waals surface area contributed by atoms with E-state index in [2.05, 4.69) is 64.2 Å². The summed E-state index contributed by atoms with van der Waals surface area (Å²) >= 11 is 0. The van der Waals surface area contributed by atoms with Crippen LogP contribution in [-0.2, 0) is 4.74 Å². The summed E-state index contributed by atoms with van der Waals surface area (Å²) in [5, 5.41) is 2.97. The Morgan fingerprint density at radius 2 is 1.29 bits per heavy atom. The predicted octanol–water partition coefficient (Wildman–Crippen LogP) is 9.61. The van der Waals surface area contributed by atoms with Crippen molar-refractivity contribution in [3.05, 3.63) is 46.6 Å². The van der Waals surface area contributed by atoms with Crippen LogP contribution in [-0.4, -0.2) is 18.7 Å². The molecule has 1 N–H and O–H groups in total. The molecule has 0 bridgehead atoms. The average Bonchev–Trinajstić information content (AvgIpc) is 2.78. The molecule has 3 heteroatoms. The van der Waals surface area contributed by atoms with Gasteiger partial charge in [0.15, 0.2) is 0 Å². The van der Waals surface area contributed by atoms with Crippen molar-refractivity contribution in [3.8, 4) is 0 Å². The van der Waals surface area contributed by atoms with Crippen LogP contribution in [0.5, 0.6) is 0 Å². The smallest absolute Gasteiger partial charge is 0.407 e. The van der Waals surface area contributed by atoms with E-state index < -0.39 is 0 Å². The third kappa shape index (κ3) is 16.8. The quantitative estimate of drug-likeness (QED) is 0.241. The molecule has 1 amide bonds. The lowest BCUT2D eigenvalue weighted by molar-refractivity contribution is 0.101. The molecule has 1 aliphatic carbocycles. The molecule has 0 aromatic rings. The van der Waals surface area contributed by atoms with E-state index in [-0.39, 0.29) is 12.2 Å². The van der Waals surface area contributed by atoms with Gasteiger partial charge in [0.25, 0.3) is 0 Å². The average molecular weight is 472 g/mol. The first-order valence-corrected chi connectivity index (χ1v) is 13.8. The standard InChI is InChI=1S/C31H53NO2/c1-25(2)14-10-15-26(3)16-11-17-27(4)18-12-19-28(5)20-13-21-29(6)34-31(33)32-24-30-22-8-7-9-23-30/h14,16,18,20,29-30H,7-13,15,17,19,21-24H2,1-6H3,(H,32,33)/b26-16+,27-18+,28-20+. The number of carbonyl (C=O) groups is 1. The van der Waals surface area contributed by atoms with Crippen LogP contribution >= 0.6 is 0 Å². The SMILES string of the molecule is CC(C)=CCC/C(C)=C/CC/C(C)=C/CC/C(C)=C/CCC(C)OC(=O)NCC1CCCCC1. The summed E-state index contributed by atoms with van der Waals surface area (Å²) in [7, 11) is 0. The Morgan fingerprint density at radius 1 is 0.794 bits per heavy atom. The first-order chi connectivity index (χ1) is 16.3. The molecule has 0 radical (unpaired) electrons. The van der Waals surface area contributed by atoms with E-state index in [4.69, 9.17) is 4.74 Å². The normalized spacial score (nSPS) is 16.8. The molecular formula is C31H53NO2. The molecule has 1 saturated carbocycles. The van der Waals surface area contributed by atoms with Gasteiger partial charge in [-0.1, -0.05) is 65.9 Å². The van der Waals surface area contributed by atoms with Crippen LogP contribution < -0.4 is 5.32 Å². The van der Waals surface area contributed by atoms with Gasteiger partial charge in [-0.25, -0.2) is 4.79 Å². The topological polar surface area (TPSA) is 38.3 Å². The van der Waals surface area contributed by atoms with Gasteiger partial charge in [0.1, 0.15) is 6.10 Å². The number of hydrogen-bond donors (Lipinski definition) is 1. The highest BCUT2D eigenvalue weighted by Gasteiger charge is 2.15. The van der Waals surface area contributed by atoms with E-state index in [9.17, 15) is 4.79 Å². The maximum atomic E-state index is 12.0. The molecule has 1 atom stereocenters. The highest BCUT2D eigenvalue weighted by atomic mass is 16.6. The Hall–Kier alpha value is -1.77. The molecule has 34 heavy (non-hydrogen) atoms. The van der Waals surface area contributed by atoms with Crippen molar-refractivity contribution < 1.29 is 9.53 Å². The van der Waals surface area contributed by atoms with Gasteiger partial charge in [0, 0.05) is 6.54 Å². The van der Waals surface area contributed by atoms with Crippen molar-refractivity contribution in [3.63, 3.8) is 0 Å². The zero-order valence-electron chi connectivity index (χ0n) is 23.2. The molecule has 0 spiro atoms. The van der Waals surface area contributed by atoms with Crippen molar-refractivity contribution in [1.29, 1.82) is 0 Å². The van der Waals surface area contributed by atoms with Crippen LogP contribution in [0, 0.1) is 5.92 Å².